The molecule has 0 unspecified atom stereocenters. The Hall–Kier alpha value is -1.94. The summed E-state index contributed by atoms with van der Waals surface area (Å²) in [6.07, 6.45) is 3.61. The van der Waals surface area contributed by atoms with E-state index in [1.807, 2.05) is 32.2 Å². The van der Waals surface area contributed by atoms with Crippen LogP contribution < -0.4 is 10.1 Å². The maximum atomic E-state index is 5.85. The van der Waals surface area contributed by atoms with Crippen LogP contribution in [0.5, 0.6) is 11.6 Å². The monoisotopic (exact) mass is 285 g/mol. The molecule has 0 aliphatic rings. The Morgan fingerprint density at radius 3 is 2.57 bits per heavy atom. The molecular formula is C17H23N3O. The molecule has 0 amide bonds. The number of ether oxygens (including phenoxy) is 1. The lowest BCUT2D eigenvalue weighted by atomic mass is 10.1. The van der Waals surface area contributed by atoms with Crippen molar-refractivity contribution in [1.82, 2.24) is 15.3 Å². The van der Waals surface area contributed by atoms with E-state index in [1.54, 1.807) is 6.20 Å². The zero-order valence-electron chi connectivity index (χ0n) is 13.4. The molecule has 21 heavy (non-hydrogen) atoms. The molecule has 4 heteroatoms. The van der Waals surface area contributed by atoms with Gasteiger partial charge in [0.2, 0.25) is 5.88 Å². The van der Waals surface area contributed by atoms with Gasteiger partial charge in [-0.3, -0.25) is 4.98 Å². The summed E-state index contributed by atoms with van der Waals surface area (Å²) in [5.74, 6) is 1.37. The van der Waals surface area contributed by atoms with Crippen molar-refractivity contribution in [2.75, 3.05) is 0 Å². The van der Waals surface area contributed by atoms with Crippen LogP contribution in [0.25, 0.3) is 0 Å². The molecule has 0 spiro atoms. The number of aromatic nitrogens is 2. The second kappa shape index (κ2) is 6.22. The van der Waals surface area contributed by atoms with E-state index in [1.165, 1.54) is 0 Å². The lowest BCUT2D eigenvalue weighted by molar-refractivity contribution is 0.422. The number of hydrogen-bond acceptors (Lipinski definition) is 4. The largest absolute Gasteiger partial charge is 0.437 e. The highest BCUT2D eigenvalue weighted by Gasteiger charge is 2.10. The molecule has 0 saturated heterocycles. The van der Waals surface area contributed by atoms with Gasteiger partial charge in [-0.2, -0.15) is 0 Å². The predicted molar refractivity (Wildman–Crippen MR) is 84.6 cm³/mol. The van der Waals surface area contributed by atoms with Gasteiger partial charge in [0.05, 0.1) is 5.69 Å². The van der Waals surface area contributed by atoms with Gasteiger partial charge in [0.25, 0.3) is 0 Å². The van der Waals surface area contributed by atoms with Crippen LogP contribution in [0.3, 0.4) is 0 Å². The number of nitrogens with zero attached hydrogens (tertiary/aromatic N) is 2. The smallest absolute Gasteiger partial charge is 0.222 e. The Balaban J connectivity index is 2.11. The van der Waals surface area contributed by atoms with Crippen LogP contribution in [0.1, 0.15) is 37.6 Å². The molecule has 4 nitrogen and oxygen atoms in total. The second-order valence-electron chi connectivity index (χ2n) is 6.26. The molecule has 112 valence electrons. The minimum Gasteiger partial charge on any atom is -0.437 e. The third kappa shape index (κ3) is 4.53. The van der Waals surface area contributed by atoms with Gasteiger partial charge < -0.3 is 10.1 Å². The summed E-state index contributed by atoms with van der Waals surface area (Å²) in [5.41, 5.74) is 3.12. The maximum absolute atomic E-state index is 5.85. The normalized spacial score (nSPS) is 11.5. The minimum absolute atomic E-state index is 0.0932. The highest BCUT2D eigenvalue weighted by molar-refractivity contribution is 5.35. The molecule has 0 aromatic carbocycles. The van der Waals surface area contributed by atoms with E-state index in [2.05, 4.69) is 42.1 Å². The molecule has 0 aliphatic carbocycles. The molecule has 0 radical (unpaired) electrons. The first-order chi connectivity index (χ1) is 9.85. The molecule has 2 aromatic heterocycles. The highest BCUT2D eigenvalue weighted by Crippen LogP contribution is 2.24. The molecule has 0 aliphatic heterocycles. The van der Waals surface area contributed by atoms with E-state index < -0.39 is 0 Å². The van der Waals surface area contributed by atoms with Crippen LogP contribution in [-0.2, 0) is 6.54 Å². The van der Waals surface area contributed by atoms with Crippen molar-refractivity contribution in [1.29, 1.82) is 0 Å². The third-order valence-corrected chi connectivity index (χ3v) is 3.07. The van der Waals surface area contributed by atoms with E-state index in [0.717, 1.165) is 29.1 Å². The molecular weight excluding hydrogens is 262 g/mol. The van der Waals surface area contributed by atoms with Crippen LogP contribution in [0.15, 0.2) is 30.6 Å². The molecule has 2 aromatic rings. The maximum Gasteiger partial charge on any atom is 0.222 e. The Labute approximate surface area is 126 Å². The van der Waals surface area contributed by atoms with Gasteiger partial charge in [0.15, 0.2) is 5.75 Å². The Kier molecular flexibility index (Phi) is 4.58. The first-order valence-electron chi connectivity index (χ1n) is 7.15. The van der Waals surface area contributed by atoms with Crippen molar-refractivity contribution in [3.63, 3.8) is 0 Å². The average molecular weight is 285 g/mol. The van der Waals surface area contributed by atoms with Crippen molar-refractivity contribution in [2.24, 2.45) is 0 Å². The molecule has 2 rings (SSSR count). The van der Waals surface area contributed by atoms with Gasteiger partial charge >= 0.3 is 0 Å². The Bertz CT molecular complexity index is 618. The molecule has 0 fully saturated rings. The van der Waals surface area contributed by atoms with E-state index in [0.29, 0.717) is 5.88 Å². The van der Waals surface area contributed by atoms with E-state index in [4.69, 9.17) is 4.74 Å². The number of hydrogen-bond donors (Lipinski definition) is 1. The van der Waals surface area contributed by atoms with Gasteiger partial charge in [-0.05, 0) is 58.4 Å². The van der Waals surface area contributed by atoms with Crippen molar-refractivity contribution in [2.45, 2.75) is 46.7 Å². The fourth-order valence-corrected chi connectivity index (χ4v) is 1.87. The minimum atomic E-state index is 0.0932. The topological polar surface area (TPSA) is 47.0 Å². The molecule has 0 bridgehead atoms. The van der Waals surface area contributed by atoms with Crippen molar-refractivity contribution in [3.8, 4) is 11.6 Å². The first kappa shape index (κ1) is 15.4. The molecule has 1 N–H and O–H groups in total. The summed E-state index contributed by atoms with van der Waals surface area (Å²) in [6.45, 7) is 11.2. The number of rotatable bonds is 4. The quantitative estimate of drug-likeness (QED) is 0.928. The van der Waals surface area contributed by atoms with Crippen LogP contribution in [0.2, 0.25) is 0 Å². The summed E-state index contributed by atoms with van der Waals surface area (Å²) >= 11 is 0. The summed E-state index contributed by atoms with van der Waals surface area (Å²) in [4.78, 5) is 8.64. The fraction of sp³-hybridized carbons (Fsp3) is 0.412. The third-order valence-electron chi connectivity index (χ3n) is 3.07. The van der Waals surface area contributed by atoms with Crippen LogP contribution in [0, 0.1) is 13.8 Å². The summed E-state index contributed by atoms with van der Waals surface area (Å²) in [5, 5.41) is 3.45. The number of pyridine rings is 2. The zero-order valence-corrected chi connectivity index (χ0v) is 13.4. The summed E-state index contributed by atoms with van der Waals surface area (Å²) in [6, 6.07) is 5.87. The standard InChI is InChI=1S/C17H23N3O/c1-12-9-14(11-20-17(3,4)5)10-19-16(12)21-15-7-6-8-18-13(15)2/h6-10,20H,11H2,1-5H3. The SMILES string of the molecule is Cc1cc(CNC(C)(C)C)cnc1Oc1cccnc1C. The van der Waals surface area contributed by atoms with Crippen molar-refractivity contribution >= 4 is 0 Å². The molecule has 2 heterocycles. The number of aryl methyl sites for hydroxylation is 2. The molecule has 0 saturated carbocycles. The zero-order chi connectivity index (χ0) is 15.5. The van der Waals surface area contributed by atoms with E-state index in [-0.39, 0.29) is 5.54 Å². The van der Waals surface area contributed by atoms with Gasteiger partial charge in [-0.1, -0.05) is 0 Å². The van der Waals surface area contributed by atoms with Crippen LogP contribution in [-0.4, -0.2) is 15.5 Å². The van der Waals surface area contributed by atoms with Crippen molar-refractivity contribution in [3.05, 3.63) is 47.4 Å². The second-order valence-corrected chi connectivity index (χ2v) is 6.26. The fourth-order valence-electron chi connectivity index (χ4n) is 1.87. The van der Waals surface area contributed by atoms with Gasteiger partial charge in [-0.15, -0.1) is 0 Å². The highest BCUT2D eigenvalue weighted by atomic mass is 16.5. The lowest BCUT2D eigenvalue weighted by Gasteiger charge is -2.20. The number of nitrogens with one attached hydrogen (secondary N) is 1. The van der Waals surface area contributed by atoms with Gasteiger partial charge in [0.1, 0.15) is 0 Å². The van der Waals surface area contributed by atoms with Gasteiger partial charge in [0, 0.05) is 30.0 Å². The summed E-state index contributed by atoms with van der Waals surface area (Å²) < 4.78 is 5.85. The Morgan fingerprint density at radius 2 is 1.95 bits per heavy atom. The summed E-state index contributed by atoms with van der Waals surface area (Å²) in [7, 11) is 0. The van der Waals surface area contributed by atoms with Gasteiger partial charge in [-0.25, -0.2) is 4.98 Å². The average Bonchev–Trinajstić information content (AvgIpc) is 2.41. The van der Waals surface area contributed by atoms with Crippen molar-refractivity contribution < 1.29 is 4.74 Å². The predicted octanol–water partition coefficient (Wildman–Crippen LogP) is 3.77. The van der Waals surface area contributed by atoms with Crippen LogP contribution >= 0.6 is 0 Å². The van der Waals surface area contributed by atoms with Crippen LogP contribution in [0.4, 0.5) is 0 Å². The first-order valence-corrected chi connectivity index (χ1v) is 7.15. The lowest BCUT2D eigenvalue weighted by Crippen LogP contribution is -2.35. The molecule has 0 atom stereocenters. The van der Waals surface area contributed by atoms with E-state index in [9.17, 15) is 0 Å². The van der Waals surface area contributed by atoms with E-state index >= 15 is 0 Å². The Morgan fingerprint density at radius 1 is 1.19 bits per heavy atom.